The highest BCUT2D eigenvalue weighted by molar-refractivity contribution is 6.04. The summed E-state index contributed by atoms with van der Waals surface area (Å²) in [6.45, 7) is 0.452. The monoisotopic (exact) mass is 597 g/mol. The van der Waals surface area contributed by atoms with E-state index in [4.69, 9.17) is 18.9 Å². The molecule has 6 rings (SSSR count). The van der Waals surface area contributed by atoms with Crippen LogP contribution in [0.5, 0.6) is 17.2 Å². The van der Waals surface area contributed by atoms with Crippen molar-refractivity contribution in [3.8, 4) is 17.2 Å². The topological polar surface area (TPSA) is 86.8 Å². The van der Waals surface area contributed by atoms with Crippen molar-refractivity contribution in [2.24, 2.45) is 0 Å². The van der Waals surface area contributed by atoms with Crippen molar-refractivity contribution in [2.45, 2.75) is 19.8 Å². The number of ketones is 1. The Morgan fingerprint density at radius 2 is 1.20 bits per heavy atom. The van der Waals surface area contributed by atoms with E-state index in [-0.39, 0.29) is 43.5 Å². The number of esters is 1. The largest absolute Gasteiger partial charge is 0.489 e. The van der Waals surface area contributed by atoms with Crippen LogP contribution in [-0.2, 0) is 24.6 Å². The number of carbonyl (C=O) groups is 2. The maximum atomic E-state index is 13.8. The number of hydrogen-bond acceptors (Lipinski definition) is 6. The number of nitrogens with one attached hydrogen (secondary N) is 1. The summed E-state index contributed by atoms with van der Waals surface area (Å²) in [6.07, 6.45) is 1.80. The number of fused-ring (bicyclic) bond motifs is 1. The van der Waals surface area contributed by atoms with E-state index in [1.54, 1.807) is 30.5 Å². The van der Waals surface area contributed by atoms with Crippen LogP contribution in [-0.4, -0.2) is 23.3 Å². The third kappa shape index (κ3) is 7.65. The van der Waals surface area contributed by atoms with Gasteiger partial charge in [-0.25, -0.2) is 4.79 Å². The molecule has 0 saturated heterocycles. The van der Waals surface area contributed by atoms with Crippen LogP contribution < -0.4 is 14.2 Å². The number of Topliss-reactive ketones (excluding diaryl/α,β-unsaturated/α-hetero) is 1. The zero-order valence-electron chi connectivity index (χ0n) is 24.5. The predicted molar refractivity (Wildman–Crippen MR) is 172 cm³/mol. The summed E-state index contributed by atoms with van der Waals surface area (Å²) in [5.41, 5.74) is 4.13. The molecule has 0 aliphatic carbocycles. The number of aromatic nitrogens is 1. The van der Waals surface area contributed by atoms with Crippen molar-refractivity contribution in [3.63, 3.8) is 0 Å². The first-order valence-electron chi connectivity index (χ1n) is 14.6. The minimum absolute atomic E-state index is 0.0242. The van der Waals surface area contributed by atoms with Gasteiger partial charge in [0, 0.05) is 29.2 Å². The predicted octanol–water partition coefficient (Wildman–Crippen LogP) is 7.94. The van der Waals surface area contributed by atoms with E-state index >= 15 is 0 Å². The SMILES string of the molecule is O=C(Oc1cc(OCc2ccccc2)cc(OCc2ccccc2)c1C(=O)COCc1ccccc1)c1ccc2[nH]ccc2c1. The molecule has 0 fully saturated rings. The van der Waals surface area contributed by atoms with E-state index in [9.17, 15) is 9.59 Å². The van der Waals surface area contributed by atoms with E-state index in [2.05, 4.69) is 4.98 Å². The Hall–Kier alpha value is -5.66. The normalized spacial score (nSPS) is 10.8. The molecule has 1 aromatic heterocycles. The van der Waals surface area contributed by atoms with E-state index in [0.29, 0.717) is 11.3 Å². The summed E-state index contributed by atoms with van der Waals surface area (Å²) >= 11 is 0. The summed E-state index contributed by atoms with van der Waals surface area (Å²) in [5.74, 6) is -0.385. The molecule has 0 atom stereocenters. The molecule has 224 valence electrons. The number of H-pyrrole nitrogens is 1. The summed E-state index contributed by atoms with van der Waals surface area (Å²) in [5, 5.41) is 0.863. The molecule has 1 heterocycles. The van der Waals surface area contributed by atoms with E-state index < -0.39 is 11.8 Å². The zero-order valence-corrected chi connectivity index (χ0v) is 24.5. The Morgan fingerprint density at radius 1 is 0.600 bits per heavy atom. The van der Waals surface area contributed by atoms with Gasteiger partial charge in [-0.3, -0.25) is 4.79 Å². The number of ether oxygens (including phenoxy) is 4. The molecule has 0 saturated carbocycles. The fourth-order valence-corrected chi connectivity index (χ4v) is 4.84. The Kier molecular flexibility index (Phi) is 9.29. The van der Waals surface area contributed by atoms with E-state index in [0.717, 1.165) is 27.6 Å². The van der Waals surface area contributed by atoms with E-state index in [1.165, 1.54) is 0 Å². The van der Waals surface area contributed by atoms with Crippen molar-refractivity contribution in [1.82, 2.24) is 4.98 Å². The molecular formula is C38H31NO6. The Balaban J connectivity index is 1.33. The van der Waals surface area contributed by atoms with Crippen LogP contribution in [0, 0.1) is 0 Å². The molecule has 7 nitrogen and oxygen atoms in total. The summed E-state index contributed by atoms with van der Waals surface area (Å²) in [4.78, 5) is 30.4. The second kappa shape index (κ2) is 14.2. The van der Waals surface area contributed by atoms with Gasteiger partial charge in [-0.2, -0.15) is 0 Å². The minimum Gasteiger partial charge on any atom is -0.489 e. The first-order chi connectivity index (χ1) is 22.1. The summed E-state index contributed by atoms with van der Waals surface area (Å²) in [6, 6.07) is 39.2. The van der Waals surface area contributed by atoms with Crippen molar-refractivity contribution in [2.75, 3.05) is 6.61 Å². The lowest BCUT2D eigenvalue weighted by atomic mass is 10.1. The molecule has 7 heteroatoms. The smallest absolute Gasteiger partial charge is 0.343 e. The molecule has 0 amide bonds. The average molecular weight is 598 g/mol. The highest BCUT2D eigenvalue weighted by Gasteiger charge is 2.24. The lowest BCUT2D eigenvalue weighted by Crippen LogP contribution is -2.16. The molecule has 0 spiro atoms. The quantitative estimate of drug-likeness (QED) is 0.0826. The fraction of sp³-hybridized carbons (Fsp3) is 0.105. The first kappa shape index (κ1) is 29.4. The number of rotatable bonds is 13. The molecule has 0 bridgehead atoms. The van der Waals surface area contributed by atoms with Crippen molar-refractivity contribution in [1.29, 1.82) is 0 Å². The van der Waals surface area contributed by atoms with Crippen LogP contribution in [0.3, 0.4) is 0 Å². The molecule has 6 aromatic rings. The van der Waals surface area contributed by atoms with Gasteiger partial charge in [0.25, 0.3) is 0 Å². The fourth-order valence-electron chi connectivity index (χ4n) is 4.84. The van der Waals surface area contributed by atoms with Gasteiger partial charge in [-0.05, 0) is 41.0 Å². The van der Waals surface area contributed by atoms with Crippen molar-refractivity contribution >= 4 is 22.7 Å². The molecule has 1 N–H and O–H groups in total. The molecule has 45 heavy (non-hydrogen) atoms. The lowest BCUT2D eigenvalue weighted by molar-refractivity contribution is 0.0699. The first-order valence-corrected chi connectivity index (χ1v) is 14.6. The zero-order chi connectivity index (χ0) is 30.8. The van der Waals surface area contributed by atoms with Crippen LogP contribution in [0.2, 0.25) is 0 Å². The van der Waals surface area contributed by atoms with Gasteiger partial charge < -0.3 is 23.9 Å². The highest BCUT2D eigenvalue weighted by Crippen LogP contribution is 2.36. The van der Waals surface area contributed by atoms with Gasteiger partial charge >= 0.3 is 5.97 Å². The molecular weight excluding hydrogens is 566 g/mol. The van der Waals surface area contributed by atoms with Crippen LogP contribution >= 0.6 is 0 Å². The molecule has 0 unspecified atom stereocenters. The van der Waals surface area contributed by atoms with Gasteiger partial charge in [0.1, 0.15) is 42.6 Å². The van der Waals surface area contributed by atoms with E-state index in [1.807, 2.05) is 103 Å². The molecule has 0 radical (unpaired) electrons. The van der Waals surface area contributed by atoms with Gasteiger partial charge in [-0.15, -0.1) is 0 Å². The number of benzene rings is 5. The van der Waals surface area contributed by atoms with Gasteiger partial charge in [0.15, 0.2) is 5.78 Å². The van der Waals surface area contributed by atoms with Gasteiger partial charge in [0.2, 0.25) is 0 Å². The Bertz CT molecular complexity index is 1880. The highest BCUT2D eigenvalue weighted by atomic mass is 16.5. The summed E-state index contributed by atoms with van der Waals surface area (Å²) in [7, 11) is 0. The lowest BCUT2D eigenvalue weighted by Gasteiger charge is -2.18. The van der Waals surface area contributed by atoms with Crippen LogP contribution in [0.25, 0.3) is 10.9 Å². The van der Waals surface area contributed by atoms with Gasteiger partial charge in [0.05, 0.1) is 12.2 Å². The third-order valence-corrected chi connectivity index (χ3v) is 7.14. The number of carbonyl (C=O) groups excluding carboxylic acids is 2. The second-order valence-corrected chi connectivity index (χ2v) is 10.4. The van der Waals surface area contributed by atoms with Crippen LogP contribution in [0.1, 0.15) is 37.4 Å². The molecule has 5 aromatic carbocycles. The maximum absolute atomic E-state index is 13.8. The maximum Gasteiger partial charge on any atom is 0.343 e. The molecule has 0 aliphatic heterocycles. The number of hydrogen-bond donors (Lipinski definition) is 1. The Labute approximate surface area is 261 Å². The standard InChI is InChI=1S/C38H31NO6/c40-34(26-42-23-27-10-4-1-5-11-27)37-35(44-25-29-14-8-3-9-15-29)21-32(43-24-28-12-6-2-7-13-28)22-36(37)45-38(41)31-16-17-33-30(20-31)18-19-39-33/h1-22,39H,23-26H2. The van der Waals surface area contributed by atoms with Crippen molar-refractivity contribution < 1.29 is 28.5 Å². The number of aromatic amines is 1. The van der Waals surface area contributed by atoms with Crippen LogP contribution in [0.4, 0.5) is 0 Å². The second-order valence-electron chi connectivity index (χ2n) is 10.4. The van der Waals surface area contributed by atoms with Crippen LogP contribution in [0.15, 0.2) is 134 Å². The van der Waals surface area contributed by atoms with Crippen molar-refractivity contribution in [3.05, 3.63) is 161 Å². The Morgan fingerprint density at radius 3 is 1.87 bits per heavy atom. The molecule has 0 aliphatic rings. The third-order valence-electron chi connectivity index (χ3n) is 7.14. The minimum atomic E-state index is -0.619. The summed E-state index contributed by atoms with van der Waals surface area (Å²) < 4.78 is 24.1. The van der Waals surface area contributed by atoms with Gasteiger partial charge in [-0.1, -0.05) is 91.0 Å². The average Bonchev–Trinajstić information content (AvgIpc) is 3.56.